The van der Waals surface area contributed by atoms with E-state index in [0.717, 1.165) is 18.4 Å². The van der Waals surface area contributed by atoms with Gasteiger partial charge in [0.05, 0.1) is 0 Å². The molecule has 3 heteroatoms. The van der Waals surface area contributed by atoms with E-state index < -0.39 is 0 Å². The molecule has 18 heavy (non-hydrogen) atoms. The molecule has 0 spiro atoms. The van der Waals surface area contributed by atoms with Gasteiger partial charge in [-0.05, 0) is 54.4 Å². The molecule has 0 aliphatic heterocycles. The number of rotatable bonds is 4. The Balaban J connectivity index is 2.18. The molecule has 0 saturated heterocycles. The number of phenolic OH excluding ortho intramolecular Hbond substituents is 1. The molecule has 2 rings (SSSR count). The molecule has 0 atom stereocenters. The van der Waals surface area contributed by atoms with Gasteiger partial charge < -0.3 is 9.84 Å². The Morgan fingerprint density at radius 1 is 1.06 bits per heavy atom. The van der Waals surface area contributed by atoms with Crippen LogP contribution >= 0.6 is 0 Å². The predicted molar refractivity (Wildman–Crippen MR) is 68.6 cm³/mol. The molecule has 2 aromatic rings. The van der Waals surface area contributed by atoms with Crippen molar-refractivity contribution in [1.82, 2.24) is 0 Å². The van der Waals surface area contributed by atoms with Crippen LogP contribution in [0, 0.1) is 5.82 Å². The average Bonchev–Trinajstić information content (AvgIpc) is 2.37. The fourth-order valence-corrected chi connectivity index (χ4v) is 1.73. The number of aryl methyl sites for hydroxylation is 1. The van der Waals surface area contributed by atoms with E-state index in [-0.39, 0.29) is 11.6 Å². The lowest BCUT2D eigenvalue weighted by molar-refractivity contribution is 0.457. The molecule has 0 saturated carbocycles. The molecule has 94 valence electrons. The van der Waals surface area contributed by atoms with E-state index >= 15 is 0 Å². The first-order valence-electron chi connectivity index (χ1n) is 5.94. The van der Waals surface area contributed by atoms with Crippen LogP contribution in [0.3, 0.4) is 0 Å². The highest BCUT2D eigenvalue weighted by Gasteiger charge is 2.04. The van der Waals surface area contributed by atoms with E-state index in [9.17, 15) is 9.50 Å². The van der Waals surface area contributed by atoms with Crippen molar-refractivity contribution in [3.05, 3.63) is 53.8 Å². The molecule has 1 N–H and O–H groups in total. The number of hydrogen-bond donors (Lipinski definition) is 1. The minimum Gasteiger partial charge on any atom is -0.508 e. The molecule has 0 aliphatic rings. The zero-order valence-electron chi connectivity index (χ0n) is 10.2. The van der Waals surface area contributed by atoms with Crippen molar-refractivity contribution in [3.8, 4) is 17.2 Å². The Morgan fingerprint density at radius 2 is 1.72 bits per heavy atom. The van der Waals surface area contributed by atoms with Gasteiger partial charge in [-0.1, -0.05) is 13.3 Å². The number of ether oxygens (including phenoxy) is 1. The summed E-state index contributed by atoms with van der Waals surface area (Å²) in [5, 5.41) is 9.66. The van der Waals surface area contributed by atoms with Crippen LogP contribution in [0.25, 0.3) is 0 Å². The summed E-state index contributed by atoms with van der Waals surface area (Å²) in [6.45, 7) is 2.05. The smallest absolute Gasteiger partial charge is 0.127 e. The minimum atomic E-state index is -0.292. The highest BCUT2D eigenvalue weighted by Crippen LogP contribution is 2.27. The minimum absolute atomic E-state index is 0.281. The number of aromatic hydroxyl groups is 1. The molecule has 0 heterocycles. The molecular formula is C15H15FO2. The molecule has 2 aromatic carbocycles. The standard InChI is InChI=1S/C15H15FO2/c1-2-3-11-10-14(8-9-15(11)17)18-13-6-4-12(16)5-7-13/h4-10,17H,2-3H2,1H3. The lowest BCUT2D eigenvalue weighted by Gasteiger charge is -2.08. The zero-order valence-corrected chi connectivity index (χ0v) is 10.2. The molecule has 0 aliphatic carbocycles. The van der Waals surface area contributed by atoms with Crippen molar-refractivity contribution < 1.29 is 14.2 Å². The molecule has 0 bridgehead atoms. The van der Waals surface area contributed by atoms with Crippen LogP contribution in [0.5, 0.6) is 17.2 Å². The summed E-state index contributed by atoms with van der Waals surface area (Å²) in [6, 6.07) is 11.0. The van der Waals surface area contributed by atoms with Crippen LogP contribution in [-0.2, 0) is 6.42 Å². The van der Waals surface area contributed by atoms with Gasteiger partial charge in [-0.3, -0.25) is 0 Å². The number of hydrogen-bond acceptors (Lipinski definition) is 2. The number of halogens is 1. The zero-order chi connectivity index (χ0) is 13.0. The molecule has 0 amide bonds. The van der Waals surface area contributed by atoms with Crippen molar-refractivity contribution in [2.24, 2.45) is 0 Å². The van der Waals surface area contributed by atoms with Crippen molar-refractivity contribution in [2.75, 3.05) is 0 Å². The molecular weight excluding hydrogens is 231 g/mol. The van der Waals surface area contributed by atoms with Crippen molar-refractivity contribution in [3.63, 3.8) is 0 Å². The Kier molecular flexibility index (Phi) is 3.82. The second-order valence-corrected chi connectivity index (χ2v) is 4.10. The van der Waals surface area contributed by atoms with Crippen molar-refractivity contribution >= 4 is 0 Å². The average molecular weight is 246 g/mol. The normalized spacial score (nSPS) is 10.3. The third kappa shape index (κ3) is 3.00. The first-order chi connectivity index (χ1) is 8.69. The quantitative estimate of drug-likeness (QED) is 0.872. The fourth-order valence-electron chi connectivity index (χ4n) is 1.73. The SMILES string of the molecule is CCCc1cc(Oc2ccc(F)cc2)ccc1O. The van der Waals surface area contributed by atoms with Crippen LogP contribution in [0.15, 0.2) is 42.5 Å². The van der Waals surface area contributed by atoms with Crippen molar-refractivity contribution in [1.29, 1.82) is 0 Å². The summed E-state index contributed by atoms with van der Waals surface area (Å²) in [6.07, 6.45) is 1.75. The summed E-state index contributed by atoms with van der Waals surface area (Å²) < 4.78 is 18.4. The van der Waals surface area contributed by atoms with Gasteiger partial charge in [0.25, 0.3) is 0 Å². The van der Waals surface area contributed by atoms with Crippen LogP contribution < -0.4 is 4.74 Å². The van der Waals surface area contributed by atoms with Gasteiger partial charge in [-0.15, -0.1) is 0 Å². The van der Waals surface area contributed by atoms with Gasteiger partial charge >= 0.3 is 0 Å². The second kappa shape index (κ2) is 5.54. The molecule has 0 unspecified atom stereocenters. The van der Waals surface area contributed by atoms with Crippen molar-refractivity contribution in [2.45, 2.75) is 19.8 Å². The Hall–Kier alpha value is -2.03. The molecule has 0 radical (unpaired) electrons. The van der Waals surface area contributed by atoms with Gasteiger partial charge in [0.2, 0.25) is 0 Å². The van der Waals surface area contributed by atoms with Gasteiger partial charge in [-0.25, -0.2) is 4.39 Å². The first-order valence-corrected chi connectivity index (χ1v) is 5.94. The first kappa shape index (κ1) is 12.4. The molecule has 0 aromatic heterocycles. The van der Waals surface area contributed by atoms with Crippen LogP contribution in [-0.4, -0.2) is 5.11 Å². The van der Waals surface area contributed by atoms with E-state index in [1.807, 2.05) is 13.0 Å². The monoisotopic (exact) mass is 246 g/mol. The van der Waals surface area contributed by atoms with Crippen LogP contribution in [0.1, 0.15) is 18.9 Å². The maximum absolute atomic E-state index is 12.8. The van der Waals surface area contributed by atoms with E-state index in [0.29, 0.717) is 11.5 Å². The van der Waals surface area contributed by atoms with Crippen LogP contribution in [0.2, 0.25) is 0 Å². The van der Waals surface area contributed by atoms with Gasteiger partial charge in [0, 0.05) is 0 Å². The molecule has 2 nitrogen and oxygen atoms in total. The largest absolute Gasteiger partial charge is 0.508 e. The third-order valence-corrected chi connectivity index (χ3v) is 2.62. The summed E-state index contributed by atoms with van der Waals surface area (Å²) in [7, 11) is 0. The predicted octanol–water partition coefficient (Wildman–Crippen LogP) is 4.28. The van der Waals surface area contributed by atoms with E-state index in [1.165, 1.54) is 12.1 Å². The van der Waals surface area contributed by atoms with Gasteiger partial charge in [0.15, 0.2) is 0 Å². The topological polar surface area (TPSA) is 29.5 Å². The van der Waals surface area contributed by atoms with E-state index in [4.69, 9.17) is 4.74 Å². The summed E-state index contributed by atoms with van der Waals surface area (Å²) in [5.74, 6) is 1.20. The number of phenols is 1. The van der Waals surface area contributed by atoms with Crippen LogP contribution in [0.4, 0.5) is 4.39 Å². The second-order valence-electron chi connectivity index (χ2n) is 4.10. The summed E-state index contributed by atoms with van der Waals surface area (Å²) >= 11 is 0. The van der Waals surface area contributed by atoms with Gasteiger partial charge in [-0.2, -0.15) is 0 Å². The summed E-state index contributed by atoms with van der Waals surface area (Å²) in [4.78, 5) is 0. The third-order valence-electron chi connectivity index (χ3n) is 2.62. The van der Waals surface area contributed by atoms with E-state index in [2.05, 4.69) is 0 Å². The fraction of sp³-hybridized carbons (Fsp3) is 0.200. The van der Waals surface area contributed by atoms with Gasteiger partial charge in [0.1, 0.15) is 23.1 Å². The maximum atomic E-state index is 12.8. The lowest BCUT2D eigenvalue weighted by atomic mass is 10.1. The Bertz CT molecular complexity index is 521. The van der Waals surface area contributed by atoms with E-state index in [1.54, 1.807) is 24.3 Å². The highest BCUT2D eigenvalue weighted by molar-refractivity contribution is 5.41. The lowest BCUT2D eigenvalue weighted by Crippen LogP contribution is -1.88. The highest BCUT2D eigenvalue weighted by atomic mass is 19.1. The maximum Gasteiger partial charge on any atom is 0.127 e. The number of benzene rings is 2. The Labute approximate surface area is 106 Å². The Morgan fingerprint density at radius 3 is 2.39 bits per heavy atom. The summed E-state index contributed by atoms with van der Waals surface area (Å²) in [5.41, 5.74) is 0.858. The molecule has 0 fully saturated rings.